The van der Waals surface area contributed by atoms with Gasteiger partial charge in [0, 0.05) is 10.0 Å². The minimum atomic E-state index is -0.407. The van der Waals surface area contributed by atoms with Gasteiger partial charge in [0.2, 0.25) is 0 Å². The Kier molecular flexibility index (Phi) is 3.76. The number of hydrogen-bond acceptors (Lipinski definition) is 2. The van der Waals surface area contributed by atoms with Gasteiger partial charge in [0.05, 0.1) is 22.0 Å². The lowest BCUT2D eigenvalue weighted by molar-refractivity contribution is 0.0850. The summed E-state index contributed by atoms with van der Waals surface area (Å²) in [6.07, 6.45) is -0.148. The molecule has 0 saturated heterocycles. The van der Waals surface area contributed by atoms with Crippen molar-refractivity contribution < 1.29 is 9.53 Å². The molecule has 0 bridgehead atoms. The highest BCUT2D eigenvalue weighted by Gasteiger charge is 2.29. The summed E-state index contributed by atoms with van der Waals surface area (Å²) in [5, 5.41) is 0.894. The fraction of sp³-hybridized carbons (Fsp3) is 0.133. The number of carbonyl (C=O) groups is 1. The maximum Gasteiger partial charge on any atom is 0.170 e. The van der Waals surface area contributed by atoms with E-state index in [1.165, 1.54) is 0 Å². The molecule has 0 radical (unpaired) electrons. The normalized spacial score (nSPS) is 17.6. The van der Waals surface area contributed by atoms with Gasteiger partial charge in [0.15, 0.2) is 5.78 Å². The van der Waals surface area contributed by atoms with Crippen LogP contribution < -0.4 is 4.74 Å². The summed E-state index contributed by atoms with van der Waals surface area (Å²) in [7, 11) is 0. The summed E-state index contributed by atoms with van der Waals surface area (Å²) in [5.41, 5.74) is 1.33. The molecule has 3 rings (SSSR count). The number of fused-ring (bicyclic) bond motifs is 1. The largest absolute Gasteiger partial charge is 0.484 e. The highest BCUT2D eigenvalue weighted by atomic mass is 79.9. The summed E-state index contributed by atoms with van der Waals surface area (Å²) < 4.78 is 6.77. The van der Waals surface area contributed by atoms with Gasteiger partial charge in [0.1, 0.15) is 11.9 Å². The van der Waals surface area contributed by atoms with E-state index in [2.05, 4.69) is 15.9 Å². The van der Waals surface area contributed by atoms with Crippen LogP contribution in [0.3, 0.4) is 0 Å². The number of Topliss-reactive ketones (excluding diaryl/α,β-unsaturated/α-hetero) is 1. The molecule has 5 heteroatoms. The van der Waals surface area contributed by atoms with E-state index >= 15 is 0 Å². The lowest BCUT2D eigenvalue weighted by Crippen LogP contribution is -2.20. The van der Waals surface area contributed by atoms with Crippen LogP contribution in [0.15, 0.2) is 40.9 Å². The topological polar surface area (TPSA) is 26.3 Å². The highest BCUT2D eigenvalue weighted by Crippen LogP contribution is 2.40. The van der Waals surface area contributed by atoms with Crippen LogP contribution in [-0.4, -0.2) is 5.78 Å². The predicted octanol–water partition coefficient (Wildman–Crippen LogP) is 5.46. The van der Waals surface area contributed by atoms with Crippen LogP contribution in [0.25, 0.3) is 0 Å². The van der Waals surface area contributed by atoms with Crippen molar-refractivity contribution in [2.24, 2.45) is 0 Å². The molecule has 0 amide bonds. The molecule has 102 valence electrons. The van der Waals surface area contributed by atoms with Gasteiger partial charge in [-0.05, 0) is 24.3 Å². The quantitative estimate of drug-likeness (QED) is 0.665. The Labute approximate surface area is 134 Å². The number of hydrogen-bond donors (Lipinski definition) is 0. The van der Waals surface area contributed by atoms with E-state index in [4.69, 9.17) is 27.9 Å². The van der Waals surface area contributed by atoms with Crippen LogP contribution in [0.5, 0.6) is 5.75 Å². The molecule has 1 aliphatic heterocycles. The maximum atomic E-state index is 12.2. The standard InChI is InChI=1S/C15H9BrCl2O2/c16-8-4-5-9-12(19)7-14(20-13(9)6-8)10-2-1-3-11(17)15(10)18/h1-6,14H,7H2. The van der Waals surface area contributed by atoms with Crippen molar-refractivity contribution in [3.8, 4) is 5.75 Å². The summed E-state index contributed by atoms with van der Waals surface area (Å²) in [6.45, 7) is 0. The van der Waals surface area contributed by atoms with Crippen molar-refractivity contribution in [2.45, 2.75) is 12.5 Å². The Bertz CT molecular complexity index is 700. The first-order valence-electron chi connectivity index (χ1n) is 5.99. The molecule has 0 saturated carbocycles. The van der Waals surface area contributed by atoms with E-state index in [9.17, 15) is 4.79 Å². The first kappa shape index (κ1) is 13.9. The van der Waals surface area contributed by atoms with Gasteiger partial charge in [-0.15, -0.1) is 0 Å². The Balaban J connectivity index is 2.03. The predicted molar refractivity (Wildman–Crippen MR) is 82.9 cm³/mol. The highest BCUT2D eigenvalue weighted by molar-refractivity contribution is 9.10. The lowest BCUT2D eigenvalue weighted by Gasteiger charge is -2.26. The molecule has 0 fully saturated rings. The van der Waals surface area contributed by atoms with Gasteiger partial charge in [-0.3, -0.25) is 4.79 Å². The zero-order valence-corrected chi connectivity index (χ0v) is 13.3. The number of halogens is 3. The first-order valence-corrected chi connectivity index (χ1v) is 7.54. The van der Waals surface area contributed by atoms with Crippen LogP contribution in [0.4, 0.5) is 0 Å². The number of carbonyl (C=O) groups excluding carboxylic acids is 1. The minimum Gasteiger partial charge on any atom is -0.484 e. The minimum absolute atomic E-state index is 0.0415. The van der Waals surface area contributed by atoms with Gasteiger partial charge in [-0.1, -0.05) is 51.3 Å². The van der Waals surface area contributed by atoms with Crippen molar-refractivity contribution in [3.05, 3.63) is 62.0 Å². The molecule has 1 unspecified atom stereocenters. The number of ketones is 1. The second-order valence-corrected chi connectivity index (χ2v) is 6.22. The molecule has 0 spiro atoms. The van der Waals surface area contributed by atoms with Crippen molar-refractivity contribution in [1.82, 2.24) is 0 Å². The van der Waals surface area contributed by atoms with Crippen molar-refractivity contribution in [1.29, 1.82) is 0 Å². The number of ether oxygens (including phenoxy) is 1. The van der Waals surface area contributed by atoms with Gasteiger partial charge >= 0.3 is 0 Å². The Morgan fingerprint density at radius 2 is 2.00 bits per heavy atom. The van der Waals surface area contributed by atoms with E-state index in [1.807, 2.05) is 12.1 Å². The zero-order chi connectivity index (χ0) is 14.3. The third-order valence-electron chi connectivity index (χ3n) is 3.21. The molecule has 20 heavy (non-hydrogen) atoms. The molecule has 0 aliphatic carbocycles. The van der Waals surface area contributed by atoms with Crippen LogP contribution in [-0.2, 0) is 0 Å². The monoisotopic (exact) mass is 370 g/mol. The average Bonchev–Trinajstić information content (AvgIpc) is 2.41. The van der Waals surface area contributed by atoms with Crippen LogP contribution in [0.1, 0.15) is 28.4 Å². The molecule has 1 heterocycles. The summed E-state index contributed by atoms with van der Waals surface area (Å²) in [4.78, 5) is 12.2. The van der Waals surface area contributed by atoms with Crippen molar-refractivity contribution in [3.63, 3.8) is 0 Å². The molecular formula is C15H9BrCl2O2. The molecule has 2 aromatic carbocycles. The van der Waals surface area contributed by atoms with Crippen LogP contribution >= 0.6 is 39.1 Å². The van der Waals surface area contributed by atoms with Gasteiger partial charge in [0.25, 0.3) is 0 Å². The molecular weight excluding hydrogens is 363 g/mol. The fourth-order valence-corrected chi connectivity index (χ4v) is 3.01. The number of benzene rings is 2. The SMILES string of the molecule is O=C1CC(c2cccc(Cl)c2Cl)Oc2cc(Br)ccc21. The smallest absolute Gasteiger partial charge is 0.170 e. The van der Waals surface area contributed by atoms with Crippen molar-refractivity contribution in [2.75, 3.05) is 0 Å². The van der Waals surface area contributed by atoms with E-state index in [0.717, 1.165) is 10.0 Å². The maximum absolute atomic E-state index is 12.2. The second-order valence-electron chi connectivity index (χ2n) is 4.52. The van der Waals surface area contributed by atoms with E-state index in [1.54, 1.807) is 24.3 Å². The summed E-state index contributed by atoms with van der Waals surface area (Å²) in [6, 6.07) is 10.7. The summed E-state index contributed by atoms with van der Waals surface area (Å²) in [5.74, 6) is 0.608. The third-order valence-corrected chi connectivity index (χ3v) is 4.54. The zero-order valence-electron chi connectivity index (χ0n) is 10.2. The Morgan fingerprint density at radius 1 is 1.20 bits per heavy atom. The van der Waals surface area contributed by atoms with Crippen molar-refractivity contribution >= 4 is 44.9 Å². The Morgan fingerprint density at radius 3 is 2.80 bits per heavy atom. The molecule has 0 N–H and O–H groups in total. The first-order chi connectivity index (χ1) is 9.56. The average molecular weight is 372 g/mol. The van der Waals surface area contributed by atoms with E-state index in [-0.39, 0.29) is 12.2 Å². The molecule has 0 aromatic heterocycles. The van der Waals surface area contributed by atoms with E-state index < -0.39 is 6.10 Å². The van der Waals surface area contributed by atoms with Gasteiger partial charge in [-0.25, -0.2) is 0 Å². The van der Waals surface area contributed by atoms with Crippen LogP contribution in [0, 0.1) is 0 Å². The number of rotatable bonds is 1. The second kappa shape index (κ2) is 5.40. The van der Waals surface area contributed by atoms with Gasteiger partial charge < -0.3 is 4.74 Å². The molecule has 1 atom stereocenters. The molecule has 2 aromatic rings. The van der Waals surface area contributed by atoms with E-state index in [0.29, 0.717) is 21.4 Å². The third kappa shape index (κ3) is 2.46. The molecule has 2 nitrogen and oxygen atoms in total. The Hall–Kier alpha value is -1.03. The van der Waals surface area contributed by atoms with Crippen LogP contribution in [0.2, 0.25) is 10.0 Å². The van der Waals surface area contributed by atoms with Gasteiger partial charge in [-0.2, -0.15) is 0 Å². The molecule has 1 aliphatic rings. The summed E-state index contributed by atoms with van der Waals surface area (Å²) >= 11 is 15.6. The lowest BCUT2D eigenvalue weighted by atomic mass is 9.96. The fourth-order valence-electron chi connectivity index (χ4n) is 2.24.